The number of rotatable bonds is 6. The molecule has 0 heterocycles. The maximum absolute atomic E-state index is 13.2. The molecule has 12 heteroatoms. The number of carbonyl (C=O) groups is 5. The van der Waals surface area contributed by atoms with Gasteiger partial charge in [0.25, 0.3) is 0 Å². The Morgan fingerprint density at radius 2 is 1.23 bits per heavy atom. The summed E-state index contributed by atoms with van der Waals surface area (Å²) in [5.74, 6) is -5.22. The minimum atomic E-state index is -1.06. The van der Waals surface area contributed by atoms with Crippen molar-refractivity contribution in [3.05, 3.63) is 44.4 Å². The van der Waals surface area contributed by atoms with E-state index in [2.05, 4.69) is 0 Å². The fourth-order valence-electron chi connectivity index (χ4n) is 3.02. The van der Waals surface area contributed by atoms with Crippen molar-refractivity contribution in [1.82, 2.24) is 0 Å². The lowest BCUT2D eigenvalue weighted by Gasteiger charge is -2.18. The highest BCUT2D eigenvalue weighted by atomic mass is 35.5. The quantitative estimate of drug-likeness (QED) is 0.394. The molecule has 2 rings (SSSR count). The van der Waals surface area contributed by atoms with Crippen molar-refractivity contribution >= 4 is 53.0 Å². The van der Waals surface area contributed by atoms with Crippen LogP contribution in [-0.2, 0) is 19.1 Å². The molecule has 0 amide bonds. The maximum atomic E-state index is 13.2. The van der Waals surface area contributed by atoms with Gasteiger partial charge in [-0.25, -0.2) is 9.59 Å². The smallest absolute Gasteiger partial charge is 0.347 e. The van der Waals surface area contributed by atoms with Crippen molar-refractivity contribution in [1.29, 1.82) is 0 Å². The van der Waals surface area contributed by atoms with Gasteiger partial charge in [0.15, 0.2) is 11.5 Å². The van der Waals surface area contributed by atoms with Crippen LogP contribution in [0.1, 0.15) is 52.6 Å². The minimum absolute atomic E-state index is 0.0386. The molecule has 186 valence electrons. The number of halogens is 2. The number of esters is 5. The van der Waals surface area contributed by atoms with Crippen LogP contribution in [0.4, 0.5) is 0 Å². The molecule has 35 heavy (non-hydrogen) atoms. The van der Waals surface area contributed by atoms with E-state index in [4.69, 9.17) is 46.9 Å². The van der Waals surface area contributed by atoms with E-state index in [9.17, 15) is 24.0 Å². The molecule has 2 aromatic carbocycles. The van der Waals surface area contributed by atoms with Crippen molar-refractivity contribution in [3.8, 4) is 23.0 Å². The molecule has 0 saturated heterocycles. The highest BCUT2D eigenvalue weighted by molar-refractivity contribution is 6.39. The fourth-order valence-corrected chi connectivity index (χ4v) is 3.56. The van der Waals surface area contributed by atoms with Crippen molar-refractivity contribution in [2.24, 2.45) is 0 Å². The third kappa shape index (κ3) is 6.28. The molecule has 0 atom stereocenters. The van der Waals surface area contributed by atoms with Gasteiger partial charge >= 0.3 is 29.8 Å². The third-order valence-corrected chi connectivity index (χ3v) is 5.15. The van der Waals surface area contributed by atoms with Gasteiger partial charge in [-0.2, -0.15) is 0 Å². The van der Waals surface area contributed by atoms with Crippen molar-refractivity contribution < 1.29 is 47.7 Å². The summed E-state index contributed by atoms with van der Waals surface area (Å²) in [7, 11) is 1.15. The number of carbonyl (C=O) groups excluding carboxylic acids is 5. The van der Waals surface area contributed by atoms with E-state index in [1.165, 1.54) is 19.9 Å². The Bertz CT molecular complexity index is 1250. The molecule has 0 saturated carbocycles. The Morgan fingerprint density at radius 1 is 0.686 bits per heavy atom. The molecular formula is C23H20Cl2O10. The molecule has 0 fully saturated rings. The monoisotopic (exact) mass is 526 g/mol. The van der Waals surface area contributed by atoms with Crippen LogP contribution in [0.25, 0.3) is 0 Å². The minimum Gasteiger partial charge on any atom is -0.465 e. The molecule has 0 aliphatic rings. The van der Waals surface area contributed by atoms with Gasteiger partial charge in [0.1, 0.15) is 27.6 Å². The summed E-state index contributed by atoms with van der Waals surface area (Å²) in [5, 5.41) is -0.596. The highest BCUT2D eigenvalue weighted by Gasteiger charge is 2.30. The first kappa shape index (κ1) is 27.6. The Morgan fingerprint density at radius 3 is 1.74 bits per heavy atom. The lowest BCUT2D eigenvalue weighted by molar-refractivity contribution is -0.133. The molecule has 10 nitrogen and oxygen atoms in total. The fraction of sp³-hybridized carbons (Fsp3) is 0.261. The molecule has 0 aliphatic carbocycles. The van der Waals surface area contributed by atoms with Crippen LogP contribution in [0.3, 0.4) is 0 Å². The normalized spacial score (nSPS) is 10.3. The van der Waals surface area contributed by atoms with E-state index in [0.717, 1.165) is 33.9 Å². The number of hydrogen-bond acceptors (Lipinski definition) is 10. The first-order valence-corrected chi connectivity index (χ1v) is 10.6. The summed E-state index contributed by atoms with van der Waals surface area (Å²) >= 11 is 12.5. The molecule has 0 aromatic heterocycles. The Kier molecular flexibility index (Phi) is 8.83. The second kappa shape index (κ2) is 11.2. The van der Waals surface area contributed by atoms with Crippen molar-refractivity contribution in [3.63, 3.8) is 0 Å². The standard InChI is InChI=1S/C23H20Cl2O10/c1-9-7-14(8-15(32-11(3)26)16(9)22(29)31-6)35-23(30)17-10(2)18(24)21(34-13(5)28)19(25)20(17)33-12(4)27/h7-8H,1-6H3. The number of hydrogen-bond donors (Lipinski definition) is 0. The Labute approximate surface area is 209 Å². The van der Waals surface area contributed by atoms with E-state index >= 15 is 0 Å². The lowest BCUT2D eigenvalue weighted by atomic mass is 10.1. The van der Waals surface area contributed by atoms with Gasteiger partial charge in [0, 0.05) is 26.8 Å². The topological polar surface area (TPSA) is 132 Å². The highest BCUT2D eigenvalue weighted by Crippen LogP contribution is 2.46. The molecular weight excluding hydrogens is 507 g/mol. The van der Waals surface area contributed by atoms with Gasteiger partial charge in [-0.05, 0) is 31.0 Å². The summed E-state index contributed by atoms with van der Waals surface area (Å²) < 4.78 is 25.3. The van der Waals surface area contributed by atoms with E-state index in [-0.39, 0.29) is 44.5 Å². The zero-order valence-electron chi connectivity index (χ0n) is 19.5. The third-order valence-electron chi connectivity index (χ3n) is 4.35. The number of methoxy groups -OCH3 is 1. The lowest BCUT2D eigenvalue weighted by Crippen LogP contribution is -2.17. The van der Waals surface area contributed by atoms with Crippen LogP contribution in [0.5, 0.6) is 23.0 Å². The molecule has 0 N–H and O–H groups in total. The second-order valence-corrected chi connectivity index (χ2v) is 7.82. The van der Waals surface area contributed by atoms with Gasteiger partial charge in [-0.1, -0.05) is 23.2 Å². The van der Waals surface area contributed by atoms with E-state index < -0.39 is 40.6 Å². The zero-order chi connectivity index (χ0) is 26.6. The summed E-state index contributed by atoms with van der Waals surface area (Å²) in [6.07, 6.45) is 0. The number of aryl methyl sites for hydroxylation is 1. The maximum Gasteiger partial charge on any atom is 0.347 e. The van der Waals surface area contributed by atoms with Crippen LogP contribution in [0, 0.1) is 13.8 Å². The Balaban J connectivity index is 2.65. The summed E-state index contributed by atoms with van der Waals surface area (Å²) in [6.45, 7) is 6.20. The number of benzene rings is 2. The average molecular weight is 527 g/mol. The molecule has 0 radical (unpaired) electrons. The van der Waals surface area contributed by atoms with Crippen molar-refractivity contribution in [2.45, 2.75) is 34.6 Å². The van der Waals surface area contributed by atoms with Crippen LogP contribution < -0.4 is 18.9 Å². The van der Waals surface area contributed by atoms with E-state index in [0.29, 0.717) is 0 Å². The van der Waals surface area contributed by atoms with Gasteiger partial charge < -0.3 is 23.7 Å². The van der Waals surface area contributed by atoms with Crippen LogP contribution in [-0.4, -0.2) is 37.0 Å². The van der Waals surface area contributed by atoms with Crippen molar-refractivity contribution in [2.75, 3.05) is 7.11 Å². The van der Waals surface area contributed by atoms with E-state index in [1.807, 2.05) is 0 Å². The van der Waals surface area contributed by atoms with Gasteiger partial charge in [-0.3, -0.25) is 14.4 Å². The van der Waals surface area contributed by atoms with Crippen LogP contribution in [0.15, 0.2) is 12.1 Å². The van der Waals surface area contributed by atoms with E-state index in [1.54, 1.807) is 0 Å². The predicted octanol–water partition coefficient (Wildman–Crippen LogP) is 4.39. The summed E-state index contributed by atoms with van der Waals surface area (Å²) in [4.78, 5) is 59.9. The first-order chi connectivity index (χ1) is 16.3. The van der Waals surface area contributed by atoms with Crippen LogP contribution in [0.2, 0.25) is 10.0 Å². The largest absolute Gasteiger partial charge is 0.465 e. The first-order valence-electron chi connectivity index (χ1n) is 9.80. The summed E-state index contributed by atoms with van der Waals surface area (Å²) in [5.41, 5.74) is -0.0563. The van der Waals surface area contributed by atoms with Gasteiger partial charge in [-0.15, -0.1) is 0 Å². The zero-order valence-corrected chi connectivity index (χ0v) is 21.0. The molecule has 0 spiro atoms. The second-order valence-electron chi connectivity index (χ2n) is 7.06. The molecule has 0 unspecified atom stereocenters. The predicted molar refractivity (Wildman–Crippen MR) is 123 cm³/mol. The number of ether oxygens (including phenoxy) is 5. The molecule has 0 bridgehead atoms. The SMILES string of the molecule is COC(=O)c1c(C)cc(OC(=O)c2c(C)c(Cl)c(OC(C)=O)c(Cl)c2OC(C)=O)cc1OC(C)=O. The van der Waals surface area contributed by atoms with Crippen LogP contribution >= 0.6 is 23.2 Å². The molecule has 2 aromatic rings. The Hall–Kier alpha value is -3.63. The molecule has 0 aliphatic heterocycles. The van der Waals surface area contributed by atoms with Gasteiger partial charge in [0.05, 0.1) is 12.1 Å². The van der Waals surface area contributed by atoms with Gasteiger partial charge in [0.2, 0.25) is 0 Å². The summed E-state index contributed by atoms with van der Waals surface area (Å²) in [6, 6.07) is 2.46. The average Bonchev–Trinajstić information content (AvgIpc) is 2.73.